The fourth-order valence-corrected chi connectivity index (χ4v) is 1.18. The summed E-state index contributed by atoms with van der Waals surface area (Å²) in [4.78, 5) is 22.1. The maximum Gasteiger partial charge on any atom is 0.337 e. The Morgan fingerprint density at radius 1 is 1.31 bits per heavy atom. The molecule has 0 spiro atoms. The number of nitrogens with one attached hydrogen (secondary N) is 1. The molecule has 4 nitrogen and oxygen atoms in total. The number of Topliss-reactive ketones (excluding diaryl/α,β-unsaturated/α-hetero) is 1. The molecule has 0 aromatic heterocycles. The second kappa shape index (κ2) is 6.12. The highest BCUT2D eigenvalue weighted by Crippen LogP contribution is 2.09. The standard InChI is InChI=1S/C11H12ClNO3/c1-16-11(15)8-2-4-9(5-3-8)13-7-10(14)6-12/h2-5,13H,6-7H2,1H3. The summed E-state index contributed by atoms with van der Waals surface area (Å²) in [6, 6.07) is 6.65. The number of alkyl halides is 1. The van der Waals surface area contributed by atoms with Crippen molar-refractivity contribution in [1.29, 1.82) is 0 Å². The maximum absolute atomic E-state index is 11.1. The second-order valence-electron chi connectivity index (χ2n) is 3.09. The monoisotopic (exact) mass is 241 g/mol. The summed E-state index contributed by atoms with van der Waals surface area (Å²) in [5.74, 6) is -0.477. The van der Waals surface area contributed by atoms with Crippen LogP contribution < -0.4 is 5.32 Å². The van der Waals surface area contributed by atoms with Gasteiger partial charge in [0.1, 0.15) is 0 Å². The van der Waals surface area contributed by atoms with E-state index in [1.54, 1.807) is 24.3 Å². The van der Waals surface area contributed by atoms with Crippen molar-refractivity contribution in [3.63, 3.8) is 0 Å². The lowest BCUT2D eigenvalue weighted by molar-refractivity contribution is -0.115. The van der Waals surface area contributed by atoms with E-state index in [9.17, 15) is 9.59 Å². The van der Waals surface area contributed by atoms with Crippen molar-refractivity contribution in [3.05, 3.63) is 29.8 Å². The van der Waals surface area contributed by atoms with Gasteiger partial charge < -0.3 is 10.1 Å². The predicted molar refractivity (Wildman–Crippen MR) is 62.0 cm³/mol. The van der Waals surface area contributed by atoms with Gasteiger partial charge in [-0.05, 0) is 24.3 Å². The number of anilines is 1. The van der Waals surface area contributed by atoms with Crippen LogP contribution in [-0.4, -0.2) is 31.3 Å². The van der Waals surface area contributed by atoms with Crippen LogP contribution in [0.2, 0.25) is 0 Å². The molecular formula is C11H12ClNO3. The lowest BCUT2D eigenvalue weighted by atomic mass is 10.2. The van der Waals surface area contributed by atoms with Crippen LogP contribution in [0.5, 0.6) is 0 Å². The number of carbonyl (C=O) groups excluding carboxylic acids is 2. The molecule has 1 aromatic carbocycles. The molecule has 0 atom stereocenters. The van der Waals surface area contributed by atoms with E-state index in [0.29, 0.717) is 5.56 Å². The Balaban J connectivity index is 2.58. The van der Waals surface area contributed by atoms with Crippen molar-refractivity contribution in [2.45, 2.75) is 0 Å². The van der Waals surface area contributed by atoms with Crippen LogP contribution in [0.3, 0.4) is 0 Å². The van der Waals surface area contributed by atoms with E-state index < -0.39 is 0 Å². The van der Waals surface area contributed by atoms with Crippen LogP contribution in [-0.2, 0) is 9.53 Å². The third-order valence-electron chi connectivity index (χ3n) is 1.94. The number of ether oxygens (including phenoxy) is 1. The highest BCUT2D eigenvalue weighted by atomic mass is 35.5. The predicted octanol–water partition coefficient (Wildman–Crippen LogP) is 1.69. The lowest BCUT2D eigenvalue weighted by Crippen LogP contribution is -2.14. The largest absolute Gasteiger partial charge is 0.465 e. The first-order valence-electron chi connectivity index (χ1n) is 4.67. The molecule has 0 unspecified atom stereocenters. The molecule has 86 valence electrons. The van der Waals surface area contributed by atoms with Crippen LogP contribution >= 0.6 is 11.6 Å². The Kier molecular flexibility index (Phi) is 4.79. The van der Waals surface area contributed by atoms with Crippen molar-refractivity contribution in [2.24, 2.45) is 0 Å². The average molecular weight is 242 g/mol. The van der Waals surface area contributed by atoms with Gasteiger partial charge >= 0.3 is 5.97 Å². The van der Waals surface area contributed by atoms with E-state index >= 15 is 0 Å². The summed E-state index contributed by atoms with van der Waals surface area (Å²) in [6.07, 6.45) is 0. The fourth-order valence-electron chi connectivity index (χ4n) is 1.09. The number of ketones is 1. The summed E-state index contributed by atoms with van der Waals surface area (Å²) >= 11 is 5.35. The van der Waals surface area contributed by atoms with Gasteiger partial charge in [-0.1, -0.05) is 0 Å². The second-order valence-corrected chi connectivity index (χ2v) is 3.36. The molecule has 1 N–H and O–H groups in total. The Morgan fingerprint density at radius 3 is 2.44 bits per heavy atom. The van der Waals surface area contributed by atoms with Crippen molar-refractivity contribution in [3.8, 4) is 0 Å². The molecule has 0 aliphatic rings. The van der Waals surface area contributed by atoms with E-state index in [0.717, 1.165) is 5.69 Å². The molecule has 0 aliphatic heterocycles. The van der Waals surface area contributed by atoms with Crippen LogP contribution in [0.25, 0.3) is 0 Å². The van der Waals surface area contributed by atoms with Crippen LogP contribution in [0.4, 0.5) is 5.69 Å². The highest BCUT2D eigenvalue weighted by molar-refractivity contribution is 6.28. The first-order valence-corrected chi connectivity index (χ1v) is 5.20. The minimum absolute atomic E-state index is 0.00670. The highest BCUT2D eigenvalue weighted by Gasteiger charge is 2.04. The molecule has 0 bridgehead atoms. The Labute approximate surface area is 98.5 Å². The number of carbonyl (C=O) groups is 2. The van der Waals surface area contributed by atoms with Crippen molar-refractivity contribution in [1.82, 2.24) is 0 Å². The normalized spacial score (nSPS) is 9.62. The molecule has 1 aromatic rings. The Morgan fingerprint density at radius 2 is 1.94 bits per heavy atom. The van der Waals surface area contributed by atoms with Crippen LogP contribution in [0.15, 0.2) is 24.3 Å². The smallest absolute Gasteiger partial charge is 0.337 e. The van der Waals surface area contributed by atoms with Gasteiger partial charge in [-0.25, -0.2) is 4.79 Å². The number of hydrogen-bond donors (Lipinski definition) is 1. The molecule has 1 rings (SSSR count). The SMILES string of the molecule is COC(=O)c1ccc(NCC(=O)CCl)cc1. The number of hydrogen-bond acceptors (Lipinski definition) is 4. The molecule has 0 aliphatic carbocycles. The van der Waals surface area contributed by atoms with Gasteiger partial charge in [0, 0.05) is 5.69 Å². The van der Waals surface area contributed by atoms with Crippen molar-refractivity contribution in [2.75, 3.05) is 24.9 Å². The summed E-state index contributed by atoms with van der Waals surface area (Å²) in [5.41, 5.74) is 1.22. The molecule has 5 heteroatoms. The number of halogens is 1. The molecule has 0 amide bonds. The number of methoxy groups -OCH3 is 1. The topological polar surface area (TPSA) is 55.4 Å². The summed E-state index contributed by atoms with van der Waals surface area (Å²) in [7, 11) is 1.33. The molecule has 16 heavy (non-hydrogen) atoms. The van der Waals surface area contributed by atoms with Crippen molar-refractivity contribution >= 4 is 29.0 Å². The quantitative estimate of drug-likeness (QED) is 0.630. The van der Waals surface area contributed by atoms with Crippen LogP contribution in [0.1, 0.15) is 10.4 Å². The first-order chi connectivity index (χ1) is 7.67. The molecule has 0 fully saturated rings. The zero-order valence-corrected chi connectivity index (χ0v) is 9.58. The molecule has 0 heterocycles. The molecule has 0 saturated carbocycles. The first kappa shape index (κ1) is 12.5. The zero-order valence-electron chi connectivity index (χ0n) is 8.83. The van der Waals surface area contributed by atoms with E-state index in [4.69, 9.17) is 11.6 Å². The maximum atomic E-state index is 11.1. The van der Waals surface area contributed by atoms with Gasteiger partial charge in [0.2, 0.25) is 0 Å². The summed E-state index contributed by atoms with van der Waals surface area (Å²) in [5, 5.41) is 2.89. The number of esters is 1. The lowest BCUT2D eigenvalue weighted by Gasteiger charge is -2.05. The number of rotatable bonds is 5. The van der Waals surface area contributed by atoms with Gasteiger partial charge in [0.15, 0.2) is 5.78 Å². The number of benzene rings is 1. The van der Waals surface area contributed by atoms with Gasteiger partial charge in [-0.2, -0.15) is 0 Å². The van der Waals surface area contributed by atoms with E-state index in [1.807, 2.05) is 0 Å². The van der Waals surface area contributed by atoms with Crippen molar-refractivity contribution < 1.29 is 14.3 Å². The van der Waals surface area contributed by atoms with Crippen LogP contribution in [0, 0.1) is 0 Å². The average Bonchev–Trinajstić information content (AvgIpc) is 2.35. The molecule has 0 radical (unpaired) electrons. The Hall–Kier alpha value is -1.55. The van der Waals surface area contributed by atoms with Gasteiger partial charge in [0.25, 0.3) is 0 Å². The van der Waals surface area contributed by atoms with Gasteiger partial charge in [-0.15, -0.1) is 11.6 Å². The zero-order chi connectivity index (χ0) is 12.0. The third kappa shape index (κ3) is 3.55. The van der Waals surface area contributed by atoms with E-state index in [-0.39, 0.29) is 24.2 Å². The minimum atomic E-state index is -0.386. The molecule has 0 saturated heterocycles. The van der Waals surface area contributed by atoms with E-state index in [1.165, 1.54) is 7.11 Å². The summed E-state index contributed by atoms with van der Waals surface area (Å²) < 4.78 is 4.56. The molecular weight excluding hydrogens is 230 g/mol. The Bertz CT molecular complexity index is 375. The van der Waals surface area contributed by atoms with E-state index in [2.05, 4.69) is 10.1 Å². The minimum Gasteiger partial charge on any atom is -0.465 e. The van der Waals surface area contributed by atoms with Gasteiger partial charge in [0.05, 0.1) is 25.1 Å². The third-order valence-corrected chi connectivity index (χ3v) is 2.24. The summed E-state index contributed by atoms with van der Waals surface area (Å²) in [6.45, 7) is 0.182. The fraction of sp³-hybridized carbons (Fsp3) is 0.273. The van der Waals surface area contributed by atoms with Gasteiger partial charge in [-0.3, -0.25) is 4.79 Å².